The highest BCUT2D eigenvalue weighted by molar-refractivity contribution is 7.82. The van der Waals surface area contributed by atoms with E-state index >= 15 is 0 Å². The fraction of sp³-hybridized carbons (Fsp3) is 0. The molecule has 0 unspecified atom stereocenters. The molecular formula is C20H19OP. The van der Waals surface area contributed by atoms with E-state index in [1.54, 1.807) is 12.2 Å². The van der Waals surface area contributed by atoms with E-state index in [9.17, 15) is 4.57 Å². The predicted octanol–water partition coefficient (Wildman–Crippen LogP) is 4.81. The van der Waals surface area contributed by atoms with Gasteiger partial charge in [-0.2, -0.15) is 0 Å². The fourth-order valence-electron chi connectivity index (χ4n) is 2.26. The molecule has 0 aromatic heterocycles. The number of hydrogen-bond donors (Lipinski definition) is 0. The molecule has 22 heavy (non-hydrogen) atoms. The van der Waals surface area contributed by atoms with Crippen molar-refractivity contribution in [3.05, 3.63) is 110 Å². The zero-order chi connectivity index (χ0) is 15.8. The van der Waals surface area contributed by atoms with Crippen LogP contribution in [0.25, 0.3) is 0 Å². The van der Waals surface area contributed by atoms with Crippen molar-refractivity contribution < 1.29 is 4.57 Å². The van der Waals surface area contributed by atoms with Crippen LogP contribution in [0, 0.1) is 0 Å². The van der Waals surface area contributed by atoms with Crippen molar-refractivity contribution in [2.45, 2.75) is 0 Å². The molecule has 2 aromatic carbocycles. The average Bonchev–Trinajstić information content (AvgIpc) is 2.60. The number of rotatable bonds is 6. The Morgan fingerprint density at radius 3 is 1.73 bits per heavy atom. The topological polar surface area (TPSA) is 17.1 Å². The second-order valence-electron chi connectivity index (χ2n) is 4.70. The lowest BCUT2D eigenvalue weighted by molar-refractivity contribution is 0.591. The predicted molar refractivity (Wildman–Crippen MR) is 97.4 cm³/mol. The van der Waals surface area contributed by atoms with E-state index in [1.807, 2.05) is 78.9 Å². The molecule has 2 heteroatoms. The normalized spacial score (nSPS) is 12.3. The highest BCUT2D eigenvalue weighted by Gasteiger charge is 2.29. The van der Waals surface area contributed by atoms with Crippen LogP contribution in [0.1, 0.15) is 0 Å². The maximum atomic E-state index is 13.9. The minimum Gasteiger partial charge on any atom is -0.309 e. The van der Waals surface area contributed by atoms with Gasteiger partial charge in [0.2, 0.25) is 0 Å². The third-order valence-electron chi connectivity index (χ3n) is 3.33. The molecule has 0 aliphatic rings. The first-order valence-corrected chi connectivity index (χ1v) is 8.78. The molecule has 0 aliphatic heterocycles. The van der Waals surface area contributed by atoms with E-state index in [2.05, 4.69) is 13.2 Å². The highest BCUT2D eigenvalue weighted by atomic mass is 31.2. The van der Waals surface area contributed by atoms with Crippen LogP contribution in [0.4, 0.5) is 0 Å². The summed E-state index contributed by atoms with van der Waals surface area (Å²) < 4.78 is 13.9. The minimum atomic E-state index is -2.92. The number of benzene rings is 2. The fourth-order valence-corrected chi connectivity index (χ4v) is 4.89. The van der Waals surface area contributed by atoms with Gasteiger partial charge in [-0.15, -0.1) is 0 Å². The summed E-state index contributed by atoms with van der Waals surface area (Å²) in [5, 5.41) is 2.32. The lowest BCUT2D eigenvalue weighted by Crippen LogP contribution is -2.16. The van der Waals surface area contributed by atoms with Crippen LogP contribution in [0.3, 0.4) is 0 Å². The van der Waals surface area contributed by atoms with Crippen LogP contribution >= 0.6 is 7.14 Å². The summed E-state index contributed by atoms with van der Waals surface area (Å²) in [7, 11) is -2.92. The Hall–Kier alpha value is -2.37. The van der Waals surface area contributed by atoms with Gasteiger partial charge in [0.25, 0.3) is 0 Å². The van der Waals surface area contributed by atoms with Gasteiger partial charge in [0.1, 0.15) is 0 Å². The van der Waals surface area contributed by atoms with Crippen molar-refractivity contribution >= 4 is 17.8 Å². The van der Waals surface area contributed by atoms with Crippen LogP contribution in [-0.4, -0.2) is 0 Å². The summed E-state index contributed by atoms with van der Waals surface area (Å²) >= 11 is 0. The third kappa shape index (κ3) is 3.27. The molecule has 0 spiro atoms. The van der Waals surface area contributed by atoms with Crippen LogP contribution in [0.2, 0.25) is 0 Å². The lowest BCUT2D eigenvalue weighted by atomic mass is 10.4. The Bertz CT molecular complexity index is 696. The summed E-state index contributed by atoms with van der Waals surface area (Å²) in [6.45, 7) is 7.51. The molecule has 0 amide bonds. The summed E-state index contributed by atoms with van der Waals surface area (Å²) in [4.78, 5) is 0. The summed E-state index contributed by atoms with van der Waals surface area (Å²) in [6, 6.07) is 19.1. The van der Waals surface area contributed by atoms with Crippen molar-refractivity contribution in [2.24, 2.45) is 0 Å². The maximum absolute atomic E-state index is 13.9. The molecule has 0 N–H and O–H groups in total. The molecular weight excluding hydrogens is 287 g/mol. The first-order chi connectivity index (χ1) is 10.7. The zero-order valence-corrected chi connectivity index (χ0v) is 13.3. The quantitative estimate of drug-likeness (QED) is 0.553. The van der Waals surface area contributed by atoms with Crippen molar-refractivity contribution in [1.82, 2.24) is 0 Å². The largest absolute Gasteiger partial charge is 0.309 e. The molecule has 2 aromatic rings. The van der Waals surface area contributed by atoms with Gasteiger partial charge < -0.3 is 4.57 Å². The van der Waals surface area contributed by atoms with Gasteiger partial charge in [-0.3, -0.25) is 0 Å². The van der Waals surface area contributed by atoms with Gasteiger partial charge in [0, 0.05) is 15.9 Å². The van der Waals surface area contributed by atoms with E-state index in [1.165, 1.54) is 0 Å². The Labute approximate surface area is 132 Å². The molecule has 0 bridgehead atoms. The molecule has 0 saturated heterocycles. The summed E-state index contributed by atoms with van der Waals surface area (Å²) in [5.41, 5.74) is 0. The van der Waals surface area contributed by atoms with Gasteiger partial charge in [0.05, 0.1) is 0 Å². The second kappa shape index (κ2) is 7.59. The minimum absolute atomic E-state index is 0.711. The molecule has 0 heterocycles. The maximum Gasteiger partial charge on any atom is 0.170 e. The standard InChI is InChI=1S/C20H19OP/c1-3-5-8-13-18(4-2)22(21,19-14-9-6-10-15-19)20-16-11-7-12-17-20/h3-17H,1-2H2/b8-5-,18-13+. The molecule has 0 radical (unpaired) electrons. The van der Waals surface area contributed by atoms with Gasteiger partial charge in [0.15, 0.2) is 7.14 Å². The Morgan fingerprint density at radius 1 is 0.818 bits per heavy atom. The van der Waals surface area contributed by atoms with E-state index < -0.39 is 7.14 Å². The van der Waals surface area contributed by atoms with Crippen LogP contribution in [0.5, 0.6) is 0 Å². The van der Waals surface area contributed by atoms with Crippen molar-refractivity contribution in [2.75, 3.05) is 0 Å². The van der Waals surface area contributed by atoms with Crippen LogP contribution in [-0.2, 0) is 4.57 Å². The Kier molecular flexibility index (Phi) is 5.52. The van der Waals surface area contributed by atoms with Crippen molar-refractivity contribution in [3.8, 4) is 0 Å². The highest BCUT2D eigenvalue weighted by Crippen LogP contribution is 2.52. The van der Waals surface area contributed by atoms with Gasteiger partial charge in [-0.05, 0) is 0 Å². The number of allylic oxidation sites excluding steroid dienone is 6. The monoisotopic (exact) mass is 306 g/mol. The van der Waals surface area contributed by atoms with Crippen LogP contribution < -0.4 is 10.6 Å². The Morgan fingerprint density at radius 2 is 1.32 bits per heavy atom. The summed E-state index contributed by atoms with van der Waals surface area (Å²) in [6.07, 6.45) is 8.85. The molecule has 1 nitrogen and oxygen atoms in total. The summed E-state index contributed by atoms with van der Waals surface area (Å²) in [5.74, 6) is 0. The number of hydrogen-bond acceptors (Lipinski definition) is 1. The first kappa shape index (κ1) is 16.0. The zero-order valence-electron chi connectivity index (χ0n) is 12.4. The van der Waals surface area contributed by atoms with E-state index in [4.69, 9.17) is 0 Å². The van der Waals surface area contributed by atoms with E-state index in [-0.39, 0.29) is 0 Å². The van der Waals surface area contributed by atoms with E-state index in [0.717, 1.165) is 10.6 Å². The molecule has 2 rings (SSSR count). The van der Waals surface area contributed by atoms with Crippen molar-refractivity contribution in [3.63, 3.8) is 0 Å². The molecule has 0 atom stereocenters. The van der Waals surface area contributed by atoms with Gasteiger partial charge >= 0.3 is 0 Å². The molecule has 110 valence electrons. The SMILES string of the molecule is C=C/C=C\C=C(/C=C)P(=O)(c1ccccc1)c1ccccc1. The molecule has 0 aliphatic carbocycles. The second-order valence-corrected chi connectivity index (χ2v) is 7.46. The molecule has 0 fully saturated rings. The van der Waals surface area contributed by atoms with E-state index in [0.29, 0.717) is 5.31 Å². The van der Waals surface area contributed by atoms with Gasteiger partial charge in [-0.25, -0.2) is 0 Å². The average molecular weight is 306 g/mol. The van der Waals surface area contributed by atoms with Gasteiger partial charge in [-0.1, -0.05) is 104 Å². The lowest BCUT2D eigenvalue weighted by Gasteiger charge is -2.20. The smallest absolute Gasteiger partial charge is 0.170 e. The van der Waals surface area contributed by atoms with Crippen LogP contribution in [0.15, 0.2) is 110 Å². The Balaban J connectivity index is 2.68. The first-order valence-electron chi connectivity index (χ1n) is 7.07. The molecule has 0 saturated carbocycles. The third-order valence-corrected chi connectivity index (χ3v) is 6.44. The van der Waals surface area contributed by atoms with Crippen molar-refractivity contribution in [1.29, 1.82) is 0 Å².